The largest absolute Gasteiger partial charge is 0.364 e. The lowest BCUT2D eigenvalue weighted by molar-refractivity contribution is 0.0652. The van der Waals surface area contributed by atoms with E-state index in [2.05, 4.69) is 0 Å². The Morgan fingerprint density at radius 1 is 1.57 bits per heavy atom. The Labute approximate surface area is 44.7 Å². The molecule has 0 rings (SSSR count). The summed E-state index contributed by atoms with van der Waals surface area (Å²) in [5.41, 5.74) is 5.36. The van der Waals surface area contributed by atoms with E-state index in [0.29, 0.717) is 0 Å². The molecule has 0 saturated heterocycles. The second-order valence-electron chi connectivity index (χ2n) is 1.40. The second-order valence-corrected chi connectivity index (χ2v) is 1.40. The third-order valence-corrected chi connectivity index (χ3v) is 0.783. The van der Waals surface area contributed by atoms with Crippen molar-refractivity contribution in [3.8, 4) is 0 Å². The van der Waals surface area contributed by atoms with E-state index >= 15 is 0 Å². The van der Waals surface area contributed by atoms with E-state index in [1.165, 1.54) is 0 Å². The van der Waals surface area contributed by atoms with Crippen LogP contribution in [0.2, 0.25) is 0 Å². The summed E-state index contributed by atoms with van der Waals surface area (Å²) < 4.78 is 4.97. The van der Waals surface area contributed by atoms with Crippen LogP contribution in [0.25, 0.3) is 0 Å². The zero-order chi connectivity index (χ0) is 5.70. The van der Waals surface area contributed by atoms with Crippen molar-refractivity contribution in [1.82, 2.24) is 0 Å². The highest BCUT2D eigenvalue weighted by Gasteiger charge is 1.91. The molecule has 0 aromatic carbocycles. The molecule has 2 N–H and O–H groups in total. The van der Waals surface area contributed by atoms with Crippen LogP contribution in [0.4, 0.5) is 0 Å². The van der Waals surface area contributed by atoms with Crippen molar-refractivity contribution in [2.75, 3.05) is 6.61 Å². The van der Waals surface area contributed by atoms with Crippen molar-refractivity contribution in [2.45, 2.75) is 26.5 Å². The van der Waals surface area contributed by atoms with Gasteiger partial charge in [-0.05, 0) is 13.3 Å². The van der Waals surface area contributed by atoms with Gasteiger partial charge >= 0.3 is 0 Å². The highest BCUT2D eigenvalue weighted by molar-refractivity contribution is 4.38. The molecule has 0 heterocycles. The van der Waals surface area contributed by atoms with E-state index < -0.39 is 0 Å². The highest BCUT2D eigenvalue weighted by Crippen LogP contribution is 1.85. The molecule has 7 heavy (non-hydrogen) atoms. The lowest BCUT2D eigenvalue weighted by Crippen LogP contribution is -2.21. The summed E-state index contributed by atoms with van der Waals surface area (Å²) in [6.07, 6.45) is 0.846. The van der Waals surface area contributed by atoms with Gasteiger partial charge in [0.25, 0.3) is 0 Å². The van der Waals surface area contributed by atoms with Gasteiger partial charge in [0, 0.05) is 6.61 Å². The van der Waals surface area contributed by atoms with Crippen molar-refractivity contribution in [1.29, 1.82) is 0 Å². The van der Waals surface area contributed by atoms with Crippen molar-refractivity contribution in [2.24, 2.45) is 5.73 Å². The van der Waals surface area contributed by atoms with E-state index in [1.807, 2.05) is 13.8 Å². The fourth-order valence-electron chi connectivity index (χ4n) is 0.332. The Balaban J connectivity index is 2.83. The Morgan fingerprint density at radius 2 is 2.14 bits per heavy atom. The molecule has 0 amide bonds. The van der Waals surface area contributed by atoms with Crippen LogP contribution >= 0.6 is 0 Å². The van der Waals surface area contributed by atoms with Gasteiger partial charge in [-0.1, -0.05) is 6.92 Å². The van der Waals surface area contributed by atoms with Crippen LogP contribution in [0.3, 0.4) is 0 Å². The summed E-state index contributed by atoms with van der Waals surface area (Å²) in [7, 11) is 0. The molecule has 0 aliphatic carbocycles. The Hall–Kier alpha value is -0.0800. The molecule has 0 unspecified atom stereocenters. The zero-order valence-corrected chi connectivity index (χ0v) is 4.98. The third-order valence-electron chi connectivity index (χ3n) is 0.783. The van der Waals surface area contributed by atoms with Crippen LogP contribution in [-0.4, -0.2) is 12.8 Å². The van der Waals surface area contributed by atoms with E-state index in [4.69, 9.17) is 10.5 Å². The smallest absolute Gasteiger partial charge is 0.105 e. The summed E-state index contributed by atoms with van der Waals surface area (Å²) in [6.45, 7) is 4.66. The topological polar surface area (TPSA) is 35.2 Å². The molecule has 0 aromatic rings. The minimum atomic E-state index is -0.0509. The second kappa shape index (κ2) is 4.09. The van der Waals surface area contributed by atoms with Crippen LogP contribution in [0.5, 0.6) is 0 Å². The fourth-order valence-corrected chi connectivity index (χ4v) is 0.332. The predicted octanol–water partition coefficient (Wildman–Crippen LogP) is 0.718. The maximum absolute atomic E-state index is 5.36. The van der Waals surface area contributed by atoms with E-state index in [1.54, 1.807) is 0 Å². The van der Waals surface area contributed by atoms with Crippen molar-refractivity contribution in [3.05, 3.63) is 0 Å². The Kier molecular flexibility index (Phi) is 4.04. The van der Waals surface area contributed by atoms with Crippen molar-refractivity contribution < 1.29 is 4.74 Å². The molecule has 0 fully saturated rings. The predicted molar refractivity (Wildman–Crippen MR) is 29.9 cm³/mol. The van der Waals surface area contributed by atoms with Crippen molar-refractivity contribution in [3.63, 3.8) is 0 Å². The minimum Gasteiger partial charge on any atom is -0.364 e. The first kappa shape index (κ1) is 6.92. The van der Waals surface area contributed by atoms with Gasteiger partial charge in [0.2, 0.25) is 0 Å². The average molecular weight is 103 g/mol. The normalized spacial score (nSPS) is 14.1. The van der Waals surface area contributed by atoms with Gasteiger partial charge in [-0.2, -0.15) is 0 Å². The fraction of sp³-hybridized carbons (Fsp3) is 1.00. The molecule has 0 aliphatic rings. The third kappa shape index (κ3) is 3.76. The maximum Gasteiger partial charge on any atom is 0.105 e. The van der Waals surface area contributed by atoms with E-state index in [0.717, 1.165) is 13.0 Å². The van der Waals surface area contributed by atoms with E-state index in [-0.39, 0.29) is 6.23 Å². The first-order valence-electron chi connectivity index (χ1n) is 2.68. The van der Waals surface area contributed by atoms with Crippen LogP contribution in [0, 0.1) is 0 Å². The molecule has 2 heteroatoms. The number of rotatable bonds is 3. The van der Waals surface area contributed by atoms with Crippen LogP contribution in [0.1, 0.15) is 20.3 Å². The molecule has 44 valence electrons. The average Bonchev–Trinajstić information content (AvgIpc) is 1.68. The summed E-state index contributed by atoms with van der Waals surface area (Å²) in [6, 6.07) is 0. The van der Waals surface area contributed by atoms with Gasteiger partial charge in [-0.25, -0.2) is 0 Å². The number of nitrogens with two attached hydrogens (primary N) is 1. The highest BCUT2D eigenvalue weighted by atomic mass is 16.5. The standard InChI is InChI=1S/C5H13NO/c1-3-5(6)7-4-2/h5H,3-4,6H2,1-2H3/t5-/m0/s1. The van der Waals surface area contributed by atoms with E-state index in [9.17, 15) is 0 Å². The van der Waals surface area contributed by atoms with Gasteiger partial charge in [0.15, 0.2) is 0 Å². The molecular formula is C5H13NO. The molecule has 0 bridgehead atoms. The van der Waals surface area contributed by atoms with Crippen LogP contribution in [-0.2, 0) is 4.74 Å². The Bertz CT molecular complexity index is 39.1. The number of hydrogen-bond donors (Lipinski definition) is 1. The Morgan fingerprint density at radius 3 is 2.29 bits per heavy atom. The van der Waals surface area contributed by atoms with Gasteiger partial charge in [0.05, 0.1) is 0 Å². The number of ether oxygens (including phenoxy) is 1. The molecule has 0 saturated carbocycles. The summed E-state index contributed by atoms with van der Waals surface area (Å²) in [5.74, 6) is 0. The number of hydrogen-bond acceptors (Lipinski definition) is 2. The van der Waals surface area contributed by atoms with Crippen LogP contribution in [0.15, 0.2) is 0 Å². The molecule has 1 atom stereocenters. The summed E-state index contributed by atoms with van der Waals surface area (Å²) in [5, 5.41) is 0. The van der Waals surface area contributed by atoms with Crippen LogP contribution < -0.4 is 5.73 Å². The van der Waals surface area contributed by atoms with Gasteiger partial charge in [-0.3, -0.25) is 0 Å². The summed E-state index contributed by atoms with van der Waals surface area (Å²) >= 11 is 0. The maximum atomic E-state index is 5.36. The minimum absolute atomic E-state index is 0.0509. The molecule has 0 spiro atoms. The SMILES string of the molecule is CCO[C@H](N)CC. The molecular weight excluding hydrogens is 90.1 g/mol. The van der Waals surface area contributed by atoms with Crippen molar-refractivity contribution >= 4 is 0 Å². The molecule has 0 aliphatic heterocycles. The van der Waals surface area contributed by atoms with Gasteiger partial charge < -0.3 is 10.5 Å². The van der Waals surface area contributed by atoms with Gasteiger partial charge in [0.1, 0.15) is 6.23 Å². The first-order valence-corrected chi connectivity index (χ1v) is 2.68. The molecule has 0 radical (unpaired) electrons. The monoisotopic (exact) mass is 103 g/mol. The lowest BCUT2D eigenvalue weighted by atomic mass is 10.4. The first-order chi connectivity index (χ1) is 3.31. The lowest BCUT2D eigenvalue weighted by Gasteiger charge is -2.05. The zero-order valence-electron chi connectivity index (χ0n) is 4.98. The molecule has 2 nitrogen and oxygen atoms in total. The summed E-state index contributed by atoms with van der Waals surface area (Å²) in [4.78, 5) is 0. The van der Waals surface area contributed by atoms with Gasteiger partial charge in [-0.15, -0.1) is 0 Å². The quantitative estimate of drug-likeness (QED) is 0.534. The molecule has 0 aromatic heterocycles.